The normalized spacial score (nSPS) is 10.9. The molecular formula is C16H11Cl2N3O. The molecule has 0 saturated heterocycles. The second-order valence-corrected chi connectivity index (χ2v) is 5.10. The Morgan fingerprint density at radius 2 is 2.09 bits per heavy atom. The van der Waals surface area contributed by atoms with E-state index in [-0.39, 0.29) is 12.1 Å². The summed E-state index contributed by atoms with van der Waals surface area (Å²) in [6, 6.07) is 12.3. The van der Waals surface area contributed by atoms with Crippen molar-refractivity contribution < 1.29 is 4.79 Å². The number of carbonyl (C=O) groups is 1. The van der Waals surface area contributed by atoms with Gasteiger partial charge < -0.3 is 5.32 Å². The van der Waals surface area contributed by atoms with Crippen LogP contribution in [0.1, 0.15) is 11.3 Å². The topological polar surface area (TPSA) is 65.8 Å². The third-order valence-electron chi connectivity index (χ3n) is 2.80. The van der Waals surface area contributed by atoms with Gasteiger partial charge in [-0.1, -0.05) is 41.4 Å². The van der Waals surface area contributed by atoms with E-state index in [1.54, 1.807) is 36.5 Å². The lowest BCUT2D eigenvalue weighted by atomic mass is 10.1. The van der Waals surface area contributed by atoms with Crippen molar-refractivity contribution in [1.29, 1.82) is 5.26 Å². The van der Waals surface area contributed by atoms with Gasteiger partial charge in [0.05, 0.1) is 22.3 Å². The maximum absolute atomic E-state index is 12.0. The fourth-order valence-corrected chi connectivity index (χ4v) is 2.07. The highest BCUT2D eigenvalue weighted by atomic mass is 35.5. The average Bonchev–Trinajstić information content (AvgIpc) is 2.55. The second kappa shape index (κ2) is 7.60. The van der Waals surface area contributed by atoms with Crippen LogP contribution in [0.4, 0.5) is 0 Å². The van der Waals surface area contributed by atoms with Gasteiger partial charge in [0.1, 0.15) is 11.6 Å². The Kier molecular flexibility index (Phi) is 5.54. The smallest absolute Gasteiger partial charge is 0.262 e. The highest BCUT2D eigenvalue weighted by Crippen LogP contribution is 2.27. The minimum atomic E-state index is -0.496. The molecule has 110 valence electrons. The van der Waals surface area contributed by atoms with Crippen LogP contribution < -0.4 is 5.32 Å². The van der Waals surface area contributed by atoms with Gasteiger partial charge in [0.15, 0.2) is 0 Å². The summed E-state index contributed by atoms with van der Waals surface area (Å²) in [5.41, 5.74) is 1.16. The minimum Gasteiger partial charge on any atom is -0.346 e. The number of hydrogen-bond donors (Lipinski definition) is 1. The van der Waals surface area contributed by atoms with E-state index >= 15 is 0 Å². The predicted molar refractivity (Wildman–Crippen MR) is 86.1 cm³/mol. The lowest BCUT2D eigenvalue weighted by Crippen LogP contribution is -2.24. The first-order valence-corrected chi connectivity index (χ1v) is 7.11. The van der Waals surface area contributed by atoms with Crippen molar-refractivity contribution >= 4 is 35.2 Å². The zero-order chi connectivity index (χ0) is 15.9. The number of pyridine rings is 1. The summed E-state index contributed by atoms with van der Waals surface area (Å²) < 4.78 is 0. The first kappa shape index (κ1) is 16.0. The number of aromatic nitrogens is 1. The molecule has 4 nitrogen and oxygen atoms in total. The summed E-state index contributed by atoms with van der Waals surface area (Å²) in [6.07, 6.45) is 3.04. The summed E-state index contributed by atoms with van der Waals surface area (Å²) in [5.74, 6) is -0.496. The fourth-order valence-electron chi connectivity index (χ4n) is 1.70. The molecule has 0 bridgehead atoms. The summed E-state index contributed by atoms with van der Waals surface area (Å²) in [4.78, 5) is 16.1. The van der Waals surface area contributed by atoms with Crippen molar-refractivity contribution in [2.45, 2.75) is 6.54 Å². The largest absolute Gasteiger partial charge is 0.346 e. The molecular weight excluding hydrogens is 321 g/mol. The monoisotopic (exact) mass is 331 g/mol. The third-order valence-corrected chi connectivity index (χ3v) is 3.64. The van der Waals surface area contributed by atoms with E-state index in [2.05, 4.69) is 10.3 Å². The number of nitrogens with one attached hydrogen (secondary N) is 1. The van der Waals surface area contributed by atoms with Crippen LogP contribution in [0.2, 0.25) is 10.0 Å². The Bertz CT molecular complexity index is 752. The molecule has 6 heteroatoms. The number of benzene rings is 1. The van der Waals surface area contributed by atoms with E-state index in [1.807, 2.05) is 12.1 Å². The molecule has 2 rings (SSSR count). The second-order valence-electron chi connectivity index (χ2n) is 4.32. The standard InChI is InChI=1S/C16H11Cl2N3O/c17-14-6-3-4-11(15(14)18)8-12(9-19)16(22)21-10-13-5-1-2-7-20-13/h1-8H,10H2,(H,21,22)/b12-8+. The lowest BCUT2D eigenvalue weighted by molar-refractivity contribution is -0.117. The predicted octanol–water partition coefficient (Wildman–Crippen LogP) is 3.61. The Hall–Kier alpha value is -2.35. The fraction of sp³-hybridized carbons (Fsp3) is 0.0625. The van der Waals surface area contributed by atoms with Gasteiger partial charge in [-0.15, -0.1) is 0 Å². The van der Waals surface area contributed by atoms with Crippen molar-refractivity contribution in [1.82, 2.24) is 10.3 Å². The van der Waals surface area contributed by atoms with E-state index in [4.69, 9.17) is 28.5 Å². The Morgan fingerprint density at radius 3 is 2.77 bits per heavy atom. The van der Waals surface area contributed by atoms with Crippen LogP contribution >= 0.6 is 23.2 Å². The van der Waals surface area contributed by atoms with Crippen LogP contribution in [0.3, 0.4) is 0 Å². The Morgan fingerprint density at radius 1 is 1.27 bits per heavy atom. The van der Waals surface area contributed by atoms with Crippen LogP contribution in [-0.2, 0) is 11.3 Å². The molecule has 0 aliphatic carbocycles. The summed E-state index contributed by atoms with van der Waals surface area (Å²) in [7, 11) is 0. The summed E-state index contributed by atoms with van der Waals surface area (Å²) in [5, 5.41) is 12.4. The van der Waals surface area contributed by atoms with Crippen LogP contribution in [0.25, 0.3) is 6.08 Å². The number of amides is 1. The van der Waals surface area contributed by atoms with Crippen molar-refractivity contribution in [2.24, 2.45) is 0 Å². The molecule has 0 radical (unpaired) electrons. The number of halogens is 2. The molecule has 1 aromatic heterocycles. The van der Waals surface area contributed by atoms with Gasteiger partial charge in [0.2, 0.25) is 0 Å². The molecule has 0 spiro atoms. The van der Waals surface area contributed by atoms with E-state index in [1.165, 1.54) is 6.08 Å². The van der Waals surface area contributed by atoms with Gasteiger partial charge in [-0.05, 0) is 29.8 Å². The van der Waals surface area contributed by atoms with Crippen molar-refractivity contribution in [3.8, 4) is 6.07 Å². The molecule has 1 amide bonds. The van der Waals surface area contributed by atoms with E-state index in [0.717, 1.165) is 0 Å². The van der Waals surface area contributed by atoms with Crippen LogP contribution in [0.15, 0.2) is 48.2 Å². The van der Waals surface area contributed by atoms with Crippen LogP contribution in [0, 0.1) is 11.3 Å². The van der Waals surface area contributed by atoms with E-state index < -0.39 is 5.91 Å². The number of nitriles is 1. The number of carbonyl (C=O) groups excluding carboxylic acids is 1. The Labute approximate surface area is 138 Å². The minimum absolute atomic E-state index is 0.0555. The van der Waals surface area contributed by atoms with E-state index in [0.29, 0.717) is 21.3 Å². The molecule has 0 aliphatic rings. The van der Waals surface area contributed by atoms with Crippen LogP contribution in [0.5, 0.6) is 0 Å². The maximum Gasteiger partial charge on any atom is 0.262 e. The van der Waals surface area contributed by atoms with Gasteiger partial charge >= 0.3 is 0 Å². The molecule has 0 aliphatic heterocycles. The highest BCUT2D eigenvalue weighted by Gasteiger charge is 2.11. The van der Waals surface area contributed by atoms with Crippen molar-refractivity contribution in [3.05, 3.63) is 69.5 Å². The van der Waals surface area contributed by atoms with E-state index in [9.17, 15) is 4.79 Å². The summed E-state index contributed by atoms with van der Waals surface area (Å²) >= 11 is 12.0. The highest BCUT2D eigenvalue weighted by molar-refractivity contribution is 6.43. The zero-order valence-corrected chi connectivity index (χ0v) is 12.9. The first-order valence-electron chi connectivity index (χ1n) is 6.35. The lowest BCUT2D eigenvalue weighted by Gasteiger charge is -2.05. The molecule has 0 fully saturated rings. The van der Waals surface area contributed by atoms with Gasteiger partial charge in [0.25, 0.3) is 5.91 Å². The third kappa shape index (κ3) is 4.08. The molecule has 1 heterocycles. The number of nitrogens with zero attached hydrogens (tertiary/aromatic N) is 2. The molecule has 2 aromatic rings. The molecule has 22 heavy (non-hydrogen) atoms. The number of hydrogen-bond acceptors (Lipinski definition) is 3. The molecule has 1 N–H and O–H groups in total. The van der Waals surface area contributed by atoms with Gasteiger partial charge in [-0.3, -0.25) is 9.78 Å². The van der Waals surface area contributed by atoms with Crippen LogP contribution in [-0.4, -0.2) is 10.9 Å². The number of rotatable bonds is 4. The quantitative estimate of drug-likeness (QED) is 0.687. The van der Waals surface area contributed by atoms with Gasteiger partial charge in [0, 0.05) is 6.20 Å². The van der Waals surface area contributed by atoms with Crippen molar-refractivity contribution in [3.63, 3.8) is 0 Å². The maximum atomic E-state index is 12.0. The van der Waals surface area contributed by atoms with Gasteiger partial charge in [-0.25, -0.2) is 0 Å². The molecule has 0 atom stereocenters. The summed E-state index contributed by atoms with van der Waals surface area (Å²) in [6.45, 7) is 0.238. The van der Waals surface area contributed by atoms with Crippen molar-refractivity contribution in [2.75, 3.05) is 0 Å². The van der Waals surface area contributed by atoms with Gasteiger partial charge in [-0.2, -0.15) is 5.26 Å². The molecule has 0 saturated carbocycles. The zero-order valence-electron chi connectivity index (χ0n) is 11.4. The molecule has 1 aromatic carbocycles. The Balaban J connectivity index is 2.14. The average molecular weight is 332 g/mol. The SMILES string of the molecule is N#C/C(=C\c1cccc(Cl)c1Cl)C(=O)NCc1ccccn1. The first-order chi connectivity index (χ1) is 10.6. The molecule has 0 unspecified atom stereocenters.